The Hall–Kier alpha value is -2.41. The molecule has 1 aliphatic rings. The maximum absolute atomic E-state index is 11.7. The maximum Gasteiger partial charge on any atom is 0.340 e. The van der Waals surface area contributed by atoms with E-state index in [1.54, 1.807) is 24.3 Å². The molecule has 21 heavy (non-hydrogen) atoms. The Balaban J connectivity index is 1.89. The molecule has 3 rings (SSSR count). The van der Waals surface area contributed by atoms with E-state index in [1.165, 1.54) is 12.1 Å². The van der Waals surface area contributed by atoms with Crippen molar-refractivity contribution >= 4 is 33.3 Å². The van der Waals surface area contributed by atoms with Gasteiger partial charge in [-0.05, 0) is 28.1 Å². The van der Waals surface area contributed by atoms with Crippen LogP contribution < -0.4 is 5.32 Å². The zero-order valence-electron chi connectivity index (χ0n) is 10.6. The molecule has 0 saturated heterocycles. The average Bonchev–Trinajstić information content (AvgIpc) is 2.78. The van der Waals surface area contributed by atoms with Crippen LogP contribution in [0, 0.1) is 10.1 Å². The fourth-order valence-corrected chi connectivity index (χ4v) is 2.61. The molecule has 0 unspecified atom stereocenters. The molecule has 1 heterocycles. The molecular weight excluding hydrogens is 340 g/mol. The van der Waals surface area contributed by atoms with E-state index in [4.69, 9.17) is 4.74 Å². The van der Waals surface area contributed by atoms with Crippen molar-refractivity contribution in [3.05, 3.63) is 68.2 Å². The summed E-state index contributed by atoms with van der Waals surface area (Å²) < 4.78 is 5.79. The minimum Gasteiger partial charge on any atom is -0.434 e. The molecule has 2 aromatic rings. The van der Waals surface area contributed by atoms with Gasteiger partial charge in [-0.3, -0.25) is 10.1 Å². The average molecular weight is 349 g/mol. The molecule has 0 saturated carbocycles. The second kappa shape index (κ2) is 5.17. The first-order chi connectivity index (χ1) is 10.1. The zero-order chi connectivity index (χ0) is 15.0. The first-order valence-corrected chi connectivity index (χ1v) is 6.86. The van der Waals surface area contributed by atoms with Gasteiger partial charge in [-0.25, -0.2) is 4.79 Å². The number of benzene rings is 2. The molecule has 1 atom stereocenters. The van der Waals surface area contributed by atoms with Crippen molar-refractivity contribution in [2.24, 2.45) is 0 Å². The molecule has 7 heteroatoms. The highest BCUT2D eigenvalue weighted by Gasteiger charge is 2.30. The Morgan fingerprint density at radius 3 is 2.71 bits per heavy atom. The SMILES string of the molecule is O=C1O[C@H](Nc2ccc([N+](=O)[O-])cc2Br)c2ccccc21. The number of carbonyl (C=O) groups is 1. The van der Waals surface area contributed by atoms with E-state index in [0.717, 1.165) is 5.56 Å². The minimum absolute atomic E-state index is 0.0174. The number of nitrogens with zero attached hydrogens (tertiary/aromatic N) is 1. The number of non-ortho nitro benzene ring substituents is 1. The van der Waals surface area contributed by atoms with Crippen LogP contribution in [-0.4, -0.2) is 10.9 Å². The van der Waals surface area contributed by atoms with E-state index in [-0.39, 0.29) is 11.7 Å². The molecule has 0 bridgehead atoms. The summed E-state index contributed by atoms with van der Waals surface area (Å²) in [6.07, 6.45) is -0.605. The van der Waals surface area contributed by atoms with E-state index < -0.39 is 11.2 Å². The molecule has 106 valence electrons. The maximum atomic E-state index is 11.7. The van der Waals surface area contributed by atoms with E-state index >= 15 is 0 Å². The summed E-state index contributed by atoms with van der Waals surface area (Å²) in [5.41, 5.74) is 1.85. The number of ether oxygens (including phenoxy) is 1. The molecule has 1 aliphatic heterocycles. The zero-order valence-corrected chi connectivity index (χ0v) is 12.2. The summed E-state index contributed by atoms with van der Waals surface area (Å²) in [6.45, 7) is 0. The van der Waals surface area contributed by atoms with E-state index in [0.29, 0.717) is 15.7 Å². The number of nitrogens with one attached hydrogen (secondary N) is 1. The summed E-state index contributed by atoms with van der Waals surface area (Å²) in [5.74, 6) is -0.388. The van der Waals surface area contributed by atoms with E-state index in [1.807, 2.05) is 6.07 Å². The molecule has 0 aromatic heterocycles. The largest absolute Gasteiger partial charge is 0.434 e. The van der Waals surface area contributed by atoms with Gasteiger partial charge in [0.25, 0.3) is 5.69 Å². The van der Waals surface area contributed by atoms with Crippen molar-refractivity contribution in [2.75, 3.05) is 5.32 Å². The van der Waals surface area contributed by atoms with Crippen molar-refractivity contribution in [2.45, 2.75) is 6.23 Å². The van der Waals surface area contributed by atoms with E-state index in [2.05, 4.69) is 21.2 Å². The molecule has 0 fully saturated rings. The molecule has 0 spiro atoms. The number of carbonyl (C=O) groups excluding carboxylic acids is 1. The van der Waals surface area contributed by atoms with Crippen molar-refractivity contribution in [3.63, 3.8) is 0 Å². The number of halogens is 1. The lowest BCUT2D eigenvalue weighted by molar-refractivity contribution is -0.384. The normalized spacial score (nSPS) is 16.2. The van der Waals surface area contributed by atoms with Crippen molar-refractivity contribution < 1.29 is 14.5 Å². The summed E-state index contributed by atoms with van der Waals surface area (Å²) in [4.78, 5) is 22.0. The van der Waals surface area contributed by atoms with Crippen molar-refractivity contribution in [1.82, 2.24) is 0 Å². The summed E-state index contributed by atoms with van der Waals surface area (Å²) in [5, 5.41) is 13.8. The smallest absolute Gasteiger partial charge is 0.340 e. The number of hydrogen-bond acceptors (Lipinski definition) is 5. The lowest BCUT2D eigenvalue weighted by atomic mass is 10.1. The third kappa shape index (κ3) is 2.47. The first-order valence-electron chi connectivity index (χ1n) is 6.06. The molecule has 2 aromatic carbocycles. The first kappa shape index (κ1) is 13.6. The number of cyclic esters (lactones) is 1. The summed E-state index contributed by atoms with van der Waals surface area (Å²) in [7, 11) is 0. The predicted octanol–water partition coefficient (Wildman–Crippen LogP) is 3.64. The van der Waals surface area contributed by atoms with Crippen LogP contribution in [0.3, 0.4) is 0 Å². The van der Waals surface area contributed by atoms with Gasteiger partial charge in [0.15, 0.2) is 0 Å². The Labute approximate surface area is 128 Å². The van der Waals surface area contributed by atoms with Crippen LogP contribution in [0.15, 0.2) is 46.9 Å². The lowest BCUT2D eigenvalue weighted by Gasteiger charge is -2.15. The lowest BCUT2D eigenvalue weighted by Crippen LogP contribution is -2.10. The molecule has 0 amide bonds. The Morgan fingerprint density at radius 1 is 1.24 bits per heavy atom. The van der Waals surface area contributed by atoms with Crippen LogP contribution in [-0.2, 0) is 4.74 Å². The second-order valence-corrected chi connectivity index (χ2v) is 5.29. The highest BCUT2D eigenvalue weighted by atomic mass is 79.9. The topological polar surface area (TPSA) is 81.5 Å². The summed E-state index contributed by atoms with van der Waals surface area (Å²) in [6, 6.07) is 11.4. The van der Waals surface area contributed by atoms with Gasteiger partial charge < -0.3 is 10.1 Å². The number of fused-ring (bicyclic) bond motifs is 1. The van der Waals surface area contributed by atoms with Crippen LogP contribution >= 0.6 is 15.9 Å². The third-order valence-electron chi connectivity index (χ3n) is 3.14. The molecule has 0 radical (unpaired) electrons. The molecule has 1 N–H and O–H groups in total. The van der Waals surface area contributed by atoms with Crippen molar-refractivity contribution in [3.8, 4) is 0 Å². The van der Waals surface area contributed by atoms with Crippen LogP contribution in [0.1, 0.15) is 22.1 Å². The van der Waals surface area contributed by atoms with Gasteiger partial charge in [0.2, 0.25) is 6.23 Å². The molecule has 6 nitrogen and oxygen atoms in total. The van der Waals surface area contributed by atoms with Crippen LogP contribution in [0.5, 0.6) is 0 Å². The van der Waals surface area contributed by atoms with Crippen LogP contribution in [0.25, 0.3) is 0 Å². The monoisotopic (exact) mass is 348 g/mol. The minimum atomic E-state index is -0.605. The highest BCUT2D eigenvalue weighted by Crippen LogP contribution is 2.34. The van der Waals surface area contributed by atoms with Gasteiger partial charge in [-0.1, -0.05) is 18.2 Å². The van der Waals surface area contributed by atoms with Gasteiger partial charge >= 0.3 is 5.97 Å². The van der Waals surface area contributed by atoms with Crippen molar-refractivity contribution in [1.29, 1.82) is 0 Å². The Bertz CT molecular complexity index is 748. The van der Waals surface area contributed by atoms with Gasteiger partial charge in [0.1, 0.15) is 0 Å². The number of hydrogen-bond donors (Lipinski definition) is 1. The number of esters is 1. The quantitative estimate of drug-likeness (QED) is 0.520. The van der Waals surface area contributed by atoms with Gasteiger partial charge in [0, 0.05) is 22.2 Å². The number of nitro benzene ring substituents is 1. The van der Waals surface area contributed by atoms with Gasteiger partial charge in [-0.2, -0.15) is 0 Å². The molecular formula is C14H9BrN2O4. The fourth-order valence-electron chi connectivity index (χ4n) is 2.13. The number of nitro groups is 1. The van der Waals surface area contributed by atoms with Gasteiger partial charge in [0.05, 0.1) is 16.2 Å². The highest BCUT2D eigenvalue weighted by molar-refractivity contribution is 9.10. The number of anilines is 1. The second-order valence-electron chi connectivity index (χ2n) is 4.44. The molecule has 0 aliphatic carbocycles. The number of rotatable bonds is 3. The fraction of sp³-hybridized carbons (Fsp3) is 0.0714. The van der Waals surface area contributed by atoms with Crippen LogP contribution in [0.2, 0.25) is 0 Å². The standard InChI is InChI=1S/C14H9BrN2O4/c15-11-7-8(17(19)20)5-6-12(11)16-13-9-3-1-2-4-10(9)14(18)21-13/h1-7,13,16H/t13-/m0/s1. The van der Waals surface area contributed by atoms with Crippen LogP contribution in [0.4, 0.5) is 11.4 Å². The predicted molar refractivity (Wildman–Crippen MR) is 79.0 cm³/mol. The third-order valence-corrected chi connectivity index (χ3v) is 3.79. The van der Waals surface area contributed by atoms with E-state index in [9.17, 15) is 14.9 Å². The Kier molecular flexibility index (Phi) is 3.34. The Morgan fingerprint density at radius 2 is 2.00 bits per heavy atom. The summed E-state index contributed by atoms with van der Waals surface area (Å²) >= 11 is 3.27. The van der Waals surface area contributed by atoms with Gasteiger partial charge in [-0.15, -0.1) is 0 Å².